The van der Waals surface area contributed by atoms with E-state index in [0.29, 0.717) is 11.6 Å². The number of hydroxylamine groups is 1. The van der Waals surface area contributed by atoms with Crippen molar-refractivity contribution in [1.29, 1.82) is 0 Å². The number of hydrogen-bond donors (Lipinski definition) is 2. The molecule has 0 bridgehead atoms. The average Bonchev–Trinajstić information content (AvgIpc) is 2.66. The van der Waals surface area contributed by atoms with Crippen molar-refractivity contribution >= 4 is 11.8 Å². The van der Waals surface area contributed by atoms with Gasteiger partial charge < -0.3 is 4.90 Å². The summed E-state index contributed by atoms with van der Waals surface area (Å²) < 4.78 is 0. The minimum Gasteiger partial charge on any atom is -0.336 e. The molecule has 0 radical (unpaired) electrons. The van der Waals surface area contributed by atoms with E-state index < -0.39 is 5.91 Å². The lowest BCUT2D eigenvalue weighted by atomic mass is 9.64. The predicted octanol–water partition coefficient (Wildman–Crippen LogP) is 1.49. The Balaban J connectivity index is 1.54. The van der Waals surface area contributed by atoms with E-state index >= 15 is 0 Å². The Morgan fingerprint density at radius 3 is 2.85 bits per heavy atom. The van der Waals surface area contributed by atoms with Gasteiger partial charge in [0, 0.05) is 38.8 Å². The van der Waals surface area contributed by atoms with Gasteiger partial charge in [-0.05, 0) is 50.2 Å². The Labute approximate surface area is 153 Å². The number of carbonyl (C=O) groups excluding carboxylic acids is 2. The van der Waals surface area contributed by atoms with Gasteiger partial charge in [-0.15, -0.1) is 0 Å². The van der Waals surface area contributed by atoms with Gasteiger partial charge >= 0.3 is 0 Å². The van der Waals surface area contributed by atoms with Crippen molar-refractivity contribution < 1.29 is 14.8 Å². The fourth-order valence-corrected chi connectivity index (χ4v) is 5.15. The first kappa shape index (κ1) is 17.4. The third-order valence-corrected chi connectivity index (χ3v) is 6.52. The summed E-state index contributed by atoms with van der Waals surface area (Å²) in [6, 6.07) is 2.23. The van der Waals surface area contributed by atoms with Gasteiger partial charge in [-0.2, -0.15) is 0 Å². The van der Waals surface area contributed by atoms with E-state index in [2.05, 4.69) is 14.8 Å². The van der Waals surface area contributed by atoms with Gasteiger partial charge in [0.2, 0.25) is 5.91 Å². The Morgan fingerprint density at radius 2 is 2.15 bits per heavy atom. The van der Waals surface area contributed by atoms with Gasteiger partial charge in [-0.3, -0.25) is 24.7 Å². The van der Waals surface area contributed by atoms with Crippen LogP contribution >= 0.6 is 0 Å². The molecule has 2 N–H and O–H groups in total. The number of hydrogen-bond acceptors (Lipinski definition) is 5. The molecule has 2 amide bonds. The topological polar surface area (TPSA) is 85.8 Å². The molecule has 0 aromatic carbocycles. The minimum atomic E-state index is -0.528. The predicted molar refractivity (Wildman–Crippen MR) is 94.6 cm³/mol. The molecule has 140 valence electrons. The van der Waals surface area contributed by atoms with Gasteiger partial charge in [0.15, 0.2) is 0 Å². The monoisotopic (exact) mass is 358 g/mol. The van der Waals surface area contributed by atoms with Crippen molar-refractivity contribution in [3.63, 3.8) is 0 Å². The molecule has 1 aromatic rings. The summed E-state index contributed by atoms with van der Waals surface area (Å²) in [6.45, 7) is 4.25. The van der Waals surface area contributed by atoms with E-state index in [4.69, 9.17) is 5.21 Å². The zero-order valence-corrected chi connectivity index (χ0v) is 15.2. The van der Waals surface area contributed by atoms with E-state index in [0.717, 1.165) is 63.0 Å². The zero-order chi connectivity index (χ0) is 18.3. The smallest absolute Gasteiger partial charge is 0.276 e. The number of pyridine rings is 1. The summed E-state index contributed by atoms with van der Waals surface area (Å²) in [5.74, 6) is -0.329. The number of nitrogens with one attached hydrogen (secondary N) is 1. The molecule has 26 heavy (non-hydrogen) atoms. The van der Waals surface area contributed by atoms with Crippen molar-refractivity contribution in [3.8, 4) is 0 Å². The molecule has 3 heterocycles. The first-order valence-corrected chi connectivity index (χ1v) is 9.49. The average molecular weight is 358 g/mol. The quantitative estimate of drug-likeness (QED) is 0.618. The van der Waals surface area contributed by atoms with E-state index in [1.807, 2.05) is 6.07 Å². The molecular formula is C19H26N4O3. The van der Waals surface area contributed by atoms with Crippen LogP contribution in [-0.4, -0.2) is 56.5 Å². The number of aromatic nitrogens is 1. The highest BCUT2D eigenvalue weighted by Gasteiger charge is 2.55. The molecule has 1 aromatic heterocycles. The number of fused-ring (bicyclic) bond motifs is 1. The Hall–Kier alpha value is -1.99. The second-order valence-electron chi connectivity index (χ2n) is 7.78. The molecule has 1 aliphatic carbocycles. The molecule has 1 saturated carbocycles. The van der Waals surface area contributed by atoms with Crippen LogP contribution in [0.15, 0.2) is 12.3 Å². The van der Waals surface area contributed by atoms with Crippen LogP contribution < -0.4 is 5.48 Å². The fourth-order valence-electron chi connectivity index (χ4n) is 5.15. The van der Waals surface area contributed by atoms with Crippen LogP contribution in [0.4, 0.5) is 0 Å². The van der Waals surface area contributed by atoms with Gasteiger partial charge in [0.25, 0.3) is 5.91 Å². The highest BCUT2D eigenvalue weighted by molar-refractivity contribution is 5.93. The van der Waals surface area contributed by atoms with E-state index in [9.17, 15) is 9.59 Å². The summed E-state index contributed by atoms with van der Waals surface area (Å²) >= 11 is 0. The van der Waals surface area contributed by atoms with Crippen LogP contribution in [0.1, 0.15) is 60.6 Å². The normalized spacial score (nSPS) is 28.4. The molecule has 2 aliphatic heterocycles. The maximum atomic E-state index is 12.2. The summed E-state index contributed by atoms with van der Waals surface area (Å²) in [4.78, 5) is 32.9. The number of nitrogens with zero attached hydrogens (tertiary/aromatic N) is 3. The molecule has 2 atom stereocenters. The standard InChI is InChI=1S/C19H26N4O3/c1-13(24)23-8-3-2-6-19(23)7-4-17(19)22-9-5-14-10-15(18(25)21-26)11-20-16(14)12-22/h10-11,17,26H,2-9,12H2,1H3,(H,21,25)/t17-,19+/m0/s1. The molecule has 7 nitrogen and oxygen atoms in total. The highest BCUT2D eigenvalue weighted by Crippen LogP contribution is 2.48. The van der Waals surface area contributed by atoms with Gasteiger partial charge in [0.1, 0.15) is 0 Å². The summed E-state index contributed by atoms with van der Waals surface area (Å²) in [5, 5.41) is 8.79. The molecule has 3 aliphatic rings. The van der Waals surface area contributed by atoms with Crippen molar-refractivity contribution in [3.05, 3.63) is 29.1 Å². The largest absolute Gasteiger partial charge is 0.336 e. The van der Waals surface area contributed by atoms with Gasteiger partial charge in [-0.25, -0.2) is 5.48 Å². The Bertz CT molecular complexity index is 737. The second kappa shape index (κ2) is 6.63. The zero-order valence-electron chi connectivity index (χ0n) is 15.2. The Kier molecular flexibility index (Phi) is 4.44. The van der Waals surface area contributed by atoms with Crippen LogP contribution in [-0.2, 0) is 17.8 Å². The van der Waals surface area contributed by atoms with Crippen LogP contribution in [0.3, 0.4) is 0 Å². The molecule has 4 rings (SSSR count). The number of likely N-dealkylation sites (tertiary alicyclic amines) is 1. The van der Waals surface area contributed by atoms with Gasteiger partial charge in [-0.1, -0.05) is 0 Å². The van der Waals surface area contributed by atoms with Crippen molar-refractivity contribution in [2.24, 2.45) is 0 Å². The third kappa shape index (κ3) is 2.70. The maximum absolute atomic E-state index is 12.2. The Morgan fingerprint density at radius 1 is 1.31 bits per heavy atom. The maximum Gasteiger partial charge on any atom is 0.276 e. The second-order valence-corrected chi connectivity index (χ2v) is 7.78. The third-order valence-electron chi connectivity index (χ3n) is 6.52. The van der Waals surface area contributed by atoms with Crippen LogP contribution in [0.25, 0.3) is 0 Å². The van der Waals surface area contributed by atoms with Crippen LogP contribution in [0.2, 0.25) is 0 Å². The van der Waals surface area contributed by atoms with E-state index in [1.54, 1.807) is 12.4 Å². The summed E-state index contributed by atoms with van der Waals surface area (Å²) in [7, 11) is 0. The van der Waals surface area contributed by atoms with Crippen molar-refractivity contribution in [2.45, 2.75) is 63.6 Å². The number of amides is 2. The lowest BCUT2D eigenvalue weighted by Crippen LogP contribution is -2.71. The molecular weight excluding hydrogens is 332 g/mol. The first-order valence-electron chi connectivity index (χ1n) is 9.49. The number of piperidine rings is 1. The SMILES string of the molecule is CC(=O)N1CCCC[C@]12CC[C@@H]2N1CCc2cc(C(=O)NO)cnc2C1. The van der Waals surface area contributed by atoms with Crippen molar-refractivity contribution in [2.75, 3.05) is 13.1 Å². The van der Waals surface area contributed by atoms with E-state index in [1.165, 1.54) is 12.6 Å². The lowest BCUT2D eigenvalue weighted by molar-refractivity contribution is -0.153. The number of carbonyl (C=O) groups is 2. The molecule has 1 saturated heterocycles. The first-order chi connectivity index (χ1) is 12.5. The molecule has 2 fully saturated rings. The fraction of sp³-hybridized carbons (Fsp3) is 0.632. The lowest BCUT2D eigenvalue weighted by Gasteiger charge is -2.61. The summed E-state index contributed by atoms with van der Waals surface area (Å²) in [6.07, 6.45) is 7.99. The summed E-state index contributed by atoms with van der Waals surface area (Å²) in [5.41, 5.74) is 4.13. The molecule has 0 unspecified atom stereocenters. The van der Waals surface area contributed by atoms with Gasteiger partial charge in [0.05, 0.1) is 16.8 Å². The number of rotatable bonds is 2. The van der Waals surface area contributed by atoms with E-state index in [-0.39, 0.29) is 11.4 Å². The molecule has 1 spiro atoms. The van der Waals surface area contributed by atoms with Crippen LogP contribution in [0, 0.1) is 0 Å². The van der Waals surface area contributed by atoms with Crippen molar-refractivity contribution in [1.82, 2.24) is 20.3 Å². The molecule has 7 heteroatoms. The van der Waals surface area contributed by atoms with Crippen LogP contribution in [0.5, 0.6) is 0 Å². The minimum absolute atomic E-state index is 0.0122. The highest BCUT2D eigenvalue weighted by atomic mass is 16.5.